The highest BCUT2D eigenvalue weighted by Crippen LogP contribution is 2.25. The van der Waals surface area contributed by atoms with Crippen LogP contribution in [0.2, 0.25) is 0 Å². The fourth-order valence-electron chi connectivity index (χ4n) is 2.40. The summed E-state index contributed by atoms with van der Waals surface area (Å²) in [5.41, 5.74) is 0.514. The van der Waals surface area contributed by atoms with E-state index in [0.29, 0.717) is 6.42 Å². The Labute approximate surface area is 117 Å². The number of nitrogens with one attached hydrogen (secondary N) is 1. The van der Waals surface area contributed by atoms with Crippen LogP contribution in [0.3, 0.4) is 0 Å². The van der Waals surface area contributed by atoms with Crippen LogP contribution in [0.5, 0.6) is 0 Å². The number of carbonyl (C=O) groups is 2. The Balaban J connectivity index is 1.94. The molecule has 0 fully saturated rings. The number of aliphatic hydroxyl groups is 1. The van der Waals surface area contributed by atoms with E-state index in [1.165, 1.54) is 18.1 Å². The fourth-order valence-corrected chi connectivity index (χ4v) is 2.40. The number of hydrogen-bond acceptors (Lipinski definition) is 3. The van der Waals surface area contributed by atoms with Crippen LogP contribution in [-0.4, -0.2) is 34.2 Å². The van der Waals surface area contributed by atoms with E-state index in [0.717, 1.165) is 12.8 Å². The van der Waals surface area contributed by atoms with Crippen molar-refractivity contribution in [3.8, 4) is 0 Å². The largest absolute Gasteiger partial charge is 0.479 e. The van der Waals surface area contributed by atoms with Gasteiger partial charge in [0.25, 0.3) is 0 Å². The van der Waals surface area contributed by atoms with Crippen molar-refractivity contribution in [2.45, 2.75) is 31.8 Å². The molecule has 1 amide bonds. The number of aryl methyl sites for hydroxylation is 1. The lowest BCUT2D eigenvalue weighted by Crippen LogP contribution is -2.48. The van der Waals surface area contributed by atoms with Gasteiger partial charge in [0.1, 0.15) is 0 Å². The molecule has 1 aromatic carbocycles. The third-order valence-electron chi connectivity index (χ3n) is 3.79. The van der Waals surface area contributed by atoms with E-state index in [2.05, 4.69) is 11.4 Å². The van der Waals surface area contributed by atoms with Crippen molar-refractivity contribution >= 4 is 11.9 Å². The molecule has 0 aromatic heterocycles. The van der Waals surface area contributed by atoms with Gasteiger partial charge in [0.05, 0.1) is 6.54 Å². The molecule has 0 saturated heterocycles. The average Bonchev–Trinajstić information content (AvgIpc) is 2.44. The zero-order chi connectivity index (χ0) is 14.8. The minimum atomic E-state index is -1.93. The van der Waals surface area contributed by atoms with Crippen molar-refractivity contribution in [3.63, 3.8) is 0 Å². The average molecular weight is 277 g/mol. The highest BCUT2D eigenvalue weighted by molar-refractivity contribution is 5.82. The molecule has 1 aromatic rings. The molecular weight excluding hydrogens is 258 g/mol. The number of amides is 1. The number of carboxylic acids is 1. The Kier molecular flexibility index (Phi) is 4.09. The molecule has 5 nitrogen and oxygen atoms in total. The standard InChI is InChI=1S/C15H19NO4/c1-15(20,14(18)19)9-16-13(17)12-7-6-10-4-2-3-5-11(10)8-12/h2-5,12,20H,6-9H2,1H3,(H,16,17)(H,18,19). The summed E-state index contributed by atoms with van der Waals surface area (Å²) in [4.78, 5) is 22.8. The van der Waals surface area contributed by atoms with E-state index < -0.39 is 11.6 Å². The van der Waals surface area contributed by atoms with E-state index in [-0.39, 0.29) is 18.4 Å². The molecular formula is C15H19NO4. The van der Waals surface area contributed by atoms with E-state index in [9.17, 15) is 14.7 Å². The van der Waals surface area contributed by atoms with Crippen molar-refractivity contribution in [3.05, 3.63) is 35.4 Å². The maximum Gasteiger partial charge on any atom is 0.337 e. The first kappa shape index (κ1) is 14.5. The molecule has 108 valence electrons. The predicted molar refractivity (Wildman–Crippen MR) is 73.2 cm³/mol. The molecule has 0 aliphatic heterocycles. The minimum absolute atomic E-state index is 0.158. The van der Waals surface area contributed by atoms with Gasteiger partial charge in [0.15, 0.2) is 5.60 Å². The summed E-state index contributed by atoms with van der Waals surface area (Å²) in [7, 11) is 0. The maximum atomic E-state index is 12.1. The molecule has 0 heterocycles. The second-order valence-electron chi connectivity index (χ2n) is 5.51. The van der Waals surface area contributed by atoms with Crippen molar-refractivity contribution in [2.24, 2.45) is 5.92 Å². The summed E-state index contributed by atoms with van der Waals surface area (Å²) in [6.45, 7) is 0.894. The molecule has 0 radical (unpaired) electrons. The highest BCUT2D eigenvalue weighted by Gasteiger charge is 2.32. The summed E-state index contributed by atoms with van der Waals surface area (Å²) in [5, 5.41) is 20.9. The predicted octanol–water partition coefficient (Wildman–Crippen LogP) is 0.743. The molecule has 2 rings (SSSR count). The molecule has 2 atom stereocenters. The maximum absolute atomic E-state index is 12.1. The van der Waals surface area contributed by atoms with Crippen molar-refractivity contribution in [1.82, 2.24) is 5.32 Å². The zero-order valence-corrected chi connectivity index (χ0v) is 11.4. The van der Waals surface area contributed by atoms with Crippen LogP contribution in [0.4, 0.5) is 0 Å². The lowest BCUT2D eigenvalue weighted by molar-refractivity contribution is -0.156. The molecule has 3 N–H and O–H groups in total. The fraction of sp³-hybridized carbons (Fsp3) is 0.467. The first-order valence-electron chi connectivity index (χ1n) is 6.70. The Bertz CT molecular complexity index is 524. The molecule has 0 saturated carbocycles. The van der Waals surface area contributed by atoms with Crippen LogP contribution in [-0.2, 0) is 22.4 Å². The number of carboxylic acid groups (broad SMARTS) is 1. The topological polar surface area (TPSA) is 86.6 Å². The van der Waals surface area contributed by atoms with Gasteiger partial charge in [-0.3, -0.25) is 4.79 Å². The van der Waals surface area contributed by atoms with Crippen molar-refractivity contribution in [1.29, 1.82) is 0 Å². The Hall–Kier alpha value is -1.88. The number of hydrogen-bond donors (Lipinski definition) is 3. The lowest BCUT2D eigenvalue weighted by Gasteiger charge is -2.25. The number of aliphatic carboxylic acids is 1. The molecule has 20 heavy (non-hydrogen) atoms. The summed E-state index contributed by atoms with van der Waals surface area (Å²) in [6, 6.07) is 8.03. The molecule has 5 heteroatoms. The van der Waals surface area contributed by atoms with E-state index >= 15 is 0 Å². The summed E-state index contributed by atoms with van der Waals surface area (Å²) in [6.07, 6.45) is 2.26. The van der Waals surface area contributed by atoms with Gasteiger partial charge < -0.3 is 15.5 Å². The Morgan fingerprint density at radius 2 is 2.00 bits per heavy atom. The van der Waals surface area contributed by atoms with Crippen LogP contribution in [0, 0.1) is 5.92 Å². The second kappa shape index (κ2) is 5.63. The van der Waals surface area contributed by atoms with Crippen LogP contribution >= 0.6 is 0 Å². The number of rotatable bonds is 4. The smallest absolute Gasteiger partial charge is 0.337 e. The zero-order valence-electron chi connectivity index (χ0n) is 11.4. The quantitative estimate of drug-likeness (QED) is 0.757. The molecule has 0 bridgehead atoms. The van der Waals surface area contributed by atoms with E-state index in [4.69, 9.17) is 5.11 Å². The SMILES string of the molecule is CC(O)(CNC(=O)C1CCc2ccccc2C1)C(=O)O. The van der Waals surface area contributed by atoms with Crippen LogP contribution in [0.25, 0.3) is 0 Å². The van der Waals surface area contributed by atoms with Crippen LogP contribution < -0.4 is 5.32 Å². The highest BCUT2D eigenvalue weighted by atomic mass is 16.4. The van der Waals surface area contributed by atoms with Gasteiger partial charge in [-0.25, -0.2) is 4.79 Å². The van der Waals surface area contributed by atoms with Gasteiger partial charge in [-0.2, -0.15) is 0 Å². The second-order valence-corrected chi connectivity index (χ2v) is 5.51. The minimum Gasteiger partial charge on any atom is -0.479 e. The van der Waals surface area contributed by atoms with Gasteiger partial charge in [-0.05, 0) is 37.3 Å². The first-order valence-corrected chi connectivity index (χ1v) is 6.70. The van der Waals surface area contributed by atoms with Gasteiger partial charge in [0, 0.05) is 5.92 Å². The number of benzene rings is 1. The van der Waals surface area contributed by atoms with Crippen LogP contribution in [0.1, 0.15) is 24.5 Å². The van der Waals surface area contributed by atoms with Gasteiger partial charge >= 0.3 is 5.97 Å². The monoisotopic (exact) mass is 277 g/mol. The van der Waals surface area contributed by atoms with Gasteiger partial charge in [-0.1, -0.05) is 24.3 Å². The molecule has 1 aliphatic rings. The number of carbonyl (C=O) groups excluding carboxylic acids is 1. The number of fused-ring (bicyclic) bond motifs is 1. The summed E-state index contributed by atoms with van der Waals surface area (Å²) >= 11 is 0. The Morgan fingerprint density at radius 3 is 2.65 bits per heavy atom. The third-order valence-corrected chi connectivity index (χ3v) is 3.79. The normalized spacial score (nSPS) is 20.6. The van der Waals surface area contributed by atoms with Gasteiger partial charge in [0.2, 0.25) is 5.91 Å². The van der Waals surface area contributed by atoms with Crippen molar-refractivity contribution in [2.75, 3.05) is 6.54 Å². The molecule has 0 spiro atoms. The third kappa shape index (κ3) is 3.17. The summed E-state index contributed by atoms with van der Waals surface area (Å²) < 4.78 is 0. The first-order chi connectivity index (χ1) is 9.40. The van der Waals surface area contributed by atoms with E-state index in [1.807, 2.05) is 18.2 Å². The Morgan fingerprint density at radius 1 is 1.35 bits per heavy atom. The van der Waals surface area contributed by atoms with E-state index in [1.54, 1.807) is 0 Å². The van der Waals surface area contributed by atoms with Crippen molar-refractivity contribution < 1.29 is 19.8 Å². The van der Waals surface area contributed by atoms with Crippen LogP contribution in [0.15, 0.2) is 24.3 Å². The lowest BCUT2D eigenvalue weighted by atomic mass is 9.83. The molecule has 2 unspecified atom stereocenters. The summed E-state index contributed by atoms with van der Waals surface area (Å²) in [5.74, 6) is -1.69. The van der Waals surface area contributed by atoms with Gasteiger partial charge in [-0.15, -0.1) is 0 Å². The molecule has 1 aliphatic carbocycles.